The lowest BCUT2D eigenvalue weighted by atomic mass is 10.2. The van der Waals surface area contributed by atoms with Crippen LogP contribution in [0.5, 0.6) is 0 Å². The summed E-state index contributed by atoms with van der Waals surface area (Å²) in [6, 6.07) is 8.27. The van der Waals surface area contributed by atoms with Crippen molar-refractivity contribution >= 4 is 31.6 Å². The largest absolute Gasteiger partial charge is 0.468 e. The Balaban J connectivity index is 1.71. The van der Waals surface area contributed by atoms with Crippen molar-refractivity contribution in [3.05, 3.63) is 48.4 Å². The molecule has 0 radical (unpaired) electrons. The number of carbonyl (C=O) groups is 1. The average molecular weight is 428 g/mol. The van der Waals surface area contributed by atoms with E-state index in [1.165, 1.54) is 24.5 Å². The van der Waals surface area contributed by atoms with Crippen LogP contribution in [-0.2, 0) is 31.4 Å². The number of furan rings is 1. The van der Waals surface area contributed by atoms with E-state index in [9.17, 15) is 21.6 Å². The highest BCUT2D eigenvalue weighted by molar-refractivity contribution is 7.89. The molecule has 9 nitrogen and oxygen atoms in total. The van der Waals surface area contributed by atoms with Gasteiger partial charge >= 0.3 is 0 Å². The lowest BCUT2D eigenvalue weighted by Crippen LogP contribution is -2.42. The van der Waals surface area contributed by atoms with Crippen molar-refractivity contribution in [1.29, 1.82) is 0 Å². The molecule has 11 heteroatoms. The lowest BCUT2D eigenvalue weighted by molar-refractivity contribution is -0.119. The lowest BCUT2D eigenvalue weighted by Gasteiger charge is -2.21. The van der Waals surface area contributed by atoms with E-state index in [4.69, 9.17) is 4.42 Å². The molecule has 1 aliphatic heterocycles. The van der Waals surface area contributed by atoms with E-state index in [2.05, 4.69) is 10.0 Å². The fraction of sp³-hybridized carbons (Fsp3) is 0.353. The van der Waals surface area contributed by atoms with Crippen LogP contribution in [0, 0.1) is 0 Å². The Hall–Kier alpha value is -2.21. The standard InChI is InChI=1S/C17H21N3O6S2/c1-27(22,23)20-9-3-8-16(20)17(21)19-13-5-2-7-15(11-13)28(24,25)18-12-14-6-4-10-26-14/h2,4-7,10-11,16,18H,3,8-9,12H2,1H3,(H,19,21). The molecule has 1 unspecified atom stereocenters. The molecule has 1 fully saturated rings. The van der Waals surface area contributed by atoms with Gasteiger partial charge in [0.2, 0.25) is 26.0 Å². The van der Waals surface area contributed by atoms with Gasteiger partial charge in [-0.25, -0.2) is 21.6 Å². The second kappa shape index (κ2) is 8.03. The monoisotopic (exact) mass is 427 g/mol. The highest BCUT2D eigenvalue weighted by Gasteiger charge is 2.36. The van der Waals surface area contributed by atoms with Crippen LogP contribution < -0.4 is 10.0 Å². The minimum Gasteiger partial charge on any atom is -0.468 e. The minimum absolute atomic E-state index is 0.00267. The zero-order valence-electron chi connectivity index (χ0n) is 15.2. The van der Waals surface area contributed by atoms with Gasteiger partial charge in [0.1, 0.15) is 11.8 Å². The number of amides is 1. The van der Waals surface area contributed by atoms with Crippen LogP contribution in [0.15, 0.2) is 52.0 Å². The Morgan fingerprint density at radius 3 is 2.68 bits per heavy atom. The number of rotatable bonds is 7. The third-order valence-electron chi connectivity index (χ3n) is 4.36. The van der Waals surface area contributed by atoms with Gasteiger partial charge in [0.25, 0.3) is 0 Å². The van der Waals surface area contributed by atoms with Crippen molar-refractivity contribution in [1.82, 2.24) is 9.03 Å². The molecule has 1 amide bonds. The van der Waals surface area contributed by atoms with Crippen molar-refractivity contribution in [2.45, 2.75) is 30.3 Å². The highest BCUT2D eigenvalue weighted by Crippen LogP contribution is 2.23. The molecular weight excluding hydrogens is 406 g/mol. The maximum absolute atomic E-state index is 12.5. The first-order valence-electron chi connectivity index (χ1n) is 8.56. The zero-order valence-corrected chi connectivity index (χ0v) is 16.8. The molecule has 2 aromatic rings. The van der Waals surface area contributed by atoms with Gasteiger partial charge in [0, 0.05) is 12.2 Å². The molecule has 0 saturated carbocycles. The topological polar surface area (TPSA) is 126 Å². The van der Waals surface area contributed by atoms with Crippen molar-refractivity contribution in [3.63, 3.8) is 0 Å². The van der Waals surface area contributed by atoms with Gasteiger partial charge in [0.15, 0.2) is 0 Å². The molecule has 1 atom stereocenters. The van der Waals surface area contributed by atoms with E-state index >= 15 is 0 Å². The third-order valence-corrected chi connectivity index (χ3v) is 7.05. The molecule has 1 aromatic carbocycles. The Labute approximate surface area is 163 Å². The summed E-state index contributed by atoms with van der Waals surface area (Å²) in [5.41, 5.74) is 0.270. The first-order chi connectivity index (χ1) is 13.2. The number of carbonyl (C=O) groups excluding carboxylic acids is 1. The van der Waals surface area contributed by atoms with Gasteiger partial charge in [-0.3, -0.25) is 4.79 Å². The van der Waals surface area contributed by atoms with Gasteiger partial charge in [-0.05, 0) is 43.2 Å². The Morgan fingerprint density at radius 1 is 1.21 bits per heavy atom. The highest BCUT2D eigenvalue weighted by atomic mass is 32.2. The summed E-state index contributed by atoms with van der Waals surface area (Å²) >= 11 is 0. The second-order valence-electron chi connectivity index (χ2n) is 6.45. The quantitative estimate of drug-likeness (QED) is 0.682. The van der Waals surface area contributed by atoms with Crippen molar-refractivity contribution in [3.8, 4) is 0 Å². The second-order valence-corrected chi connectivity index (χ2v) is 10.2. The van der Waals surface area contributed by atoms with Crippen LogP contribution in [-0.4, -0.2) is 45.9 Å². The van der Waals surface area contributed by atoms with E-state index in [-0.39, 0.29) is 17.1 Å². The van der Waals surface area contributed by atoms with E-state index in [1.807, 2.05) is 0 Å². The normalized spacial score (nSPS) is 18.2. The first-order valence-corrected chi connectivity index (χ1v) is 11.9. The molecule has 1 saturated heterocycles. The predicted molar refractivity (Wildman–Crippen MR) is 102 cm³/mol. The fourth-order valence-electron chi connectivity index (χ4n) is 3.03. The van der Waals surface area contributed by atoms with Gasteiger partial charge < -0.3 is 9.73 Å². The summed E-state index contributed by atoms with van der Waals surface area (Å²) in [6.45, 7) is 0.291. The summed E-state index contributed by atoms with van der Waals surface area (Å²) in [7, 11) is -7.31. The van der Waals surface area contributed by atoms with E-state index < -0.39 is 32.0 Å². The molecule has 0 spiro atoms. The number of anilines is 1. The minimum atomic E-state index is -3.82. The number of sulfonamides is 2. The molecule has 28 heavy (non-hydrogen) atoms. The summed E-state index contributed by atoms with van der Waals surface area (Å²) in [5.74, 6) is -0.0175. The molecule has 2 N–H and O–H groups in total. The molecule has 2 heterocycles. The van der Waals surface area contributed by atoms with E-state index in [1.54, 1.807) is 18.2 Å². The smallest absolute Gasteiger partial charge is 0.242 e. The van der Waals surface area contributed by atoms with Gasteiger partial charge in [0.05, 0.1) is 24.0 Å². The molecule has 1 aromatic heterocycles. The molecular formula is C17H21N3O6S2. The van der Waals surface area contributed by atoms with Crippen molar-refractivity contribution < 1.29 is 26.0 Å². The molecule has 0 bridgehead atoms. The number of benzene rings is 1. The number of nitrogens with zero attached hydrogens (tertiary/aromatic N) is 1. The van der Waals surface area contributed by atoms with Crippen molar-refractivity contribution in [2.24, 2.45) is 0 Å². The maximum atomic E-state index is 12.5. The van der Waals surface area contributed by atoms with E-state index in [0.29, 0.717) is 25.1 Å². The SMILES string of the molecule is CS(=O)(=O)N1CCCC1C(=O)Nc1cccc(S(=O)(=O)NCc2ccco2)c1. The first kappa shape index (κ1) is 20.5. The van der Waals surface area contributed by atoms with Gasteiger partial charge in [-0.1, -0.05) is 6.07 Å². The Kier molecular flexibility index (Phi) is 5.89. The van der Waals surface area contributed by atoms with Crippen molar-refractivity contribution in [2.75, 3.05) is 18.1 Å². The number of hydrogen-bond acceptors (Lipinski definition) is 6. The van der Waals surface area contributed by atoms with Crippen LogP contribution in [0.25, 0.3) is 0 Å². The maximum Gasteiger partial charge on any atom is 0.242 e. The summed E-state index contributed by atoms with van der Waals surface area (Å²) in [6.07, 6.45) is 3.52. The fourth-order valence-corrected chi connectivity index (χ4v) is 5.19. The molecule has 152 valence electrons. The Bertz CT molecular complexity index is 1050. The van der Waals surface area contributed by atoms with Crippen LogP contribution in [0.4, 0.5) is 5.69 Å². The van der Waals surface area contributed by atoms with Crippen LogP contribution >= 0.6 is 0 Å². The van der Waals surface area contributed by atoms with Crippen LogP contribution in [0.2, 0.25) is 0 Å². The molecule has 1 aliphatic rings. The van der Waals surface area contributed by atoms with Crippen LogP contribution in [0.1, 0.15) is 18.6 Å². The number of hydrogen-bond donors (Lipinski definition) is 2. The summed E-state index contributed by atoms with van der Waals surface area (Å²) in [5, 5.41) is 2.61. The van der Waals surface area contributed by atoms with Gasteiger partial charge in [-0.15, -0.1) is 0 Å². The number of nitrogens with one attached hydrogen (secondary N) is 2. The van der Waals surface area contributed by atoms with E-state index in [0.717, 1.165) is 10.6 Å². The summed E-state index contributed by atoms with van der Waals surface area (Å²) in [4.78, 5) is 12.5. The van der Waals surface area contributed by atoms with Gasteiger partial charge in [-0.2, -0.15) is 4.31 Å². The zero-order chi connectivity index (χ0) is 20.4. The Morgan fingerprint density at radius 2 is 2.00 bits per heavy atom. The molecule has 0 aliphatic carbocycles. The van der Waals surface area contributed by atoms with Crippen LogP contribution in [0.3, 0.4) is 0 Å². The third kappa shape index (κ3) is 4.79. The summed E-state index contributed by atoms with van der Waals surface area (Å²) < 4.78 is 57.2. The molecule has 3 rings (SSSR count). The average Bonchev–Trinajstić information content (AvgIpc) is 3.31. The predicted octanol–water partition coefficient (Wildman–Crippen LogP) is 1.12.